The summed E-state index contributed by atoms with van der Waals surface area (Å²) in [6.07, 6.45) is 10.0. The molecule has 0 amide bonds. The van der Waals surface area contributed by atoms with Gasteiger partial charge in [0.05, 0.1) is 10.5 Å². The van der Waals surface area contributed by atoms with Gasteiger partial charge < -0.3 is 9.52 Å². The largest absolute Gasteiger partial charge is 0.512 e. The number of fused-ring (bicyclic) bond motifs is 4. The van der Waals surface area contributed by atoms with E-state index in [1.54, 1.807) is 11.3 Å². The van der Waals surface area contributed by atoms with Crippen LogP contribution in [-0.2, 0) is 31.3 Å². The minimum absolute atomic E-state index is 0. The summed E-state index contributed by atoms with van der Waals surface area (Å²) in [5.41, 5.74) is 4.69. The van der Waals surface area contributed by atoms with Gasteiger partial charge in [-0.3, -0.25) is 9.78 Å². The number of carbonyl (C=O) groups excluding carboxylic acids is 1. The fourth-order valence-corrected chi connectivity index (χ4v) is 7.74. The topological polar surface area (TPSA) is 63.3 Å². The van der Waals surface area contributed by atoms with Gasteiger partial charge in [0.2, 0.25) is 0 Å². The zero-order valence-electron chi connectivity index (χ0n) is 30.3. The van der Waals surface area contributed by atoms with E-state index in [1.165, 1.54) is 31.8 Å². The van der Waals surface area contributed by atoms with Crippen LogP contribution in [0.5, 0.6) is 0 Å². The summed E-state index contributed by atoms with van der Waals surface area (Å²) in [5, 5.41) is 13.4. The quantitative estimate of drug-likeness (QED) is 0.0772. The summed E-state index contributed by atoms with van der Waals surface area (Å²) in [5.74, 6) is 2.14. The van der Waals surface area contributed by atoms with Gasteiger partial charge in [0, 0.05) is 66.4 Å². The van der Waals surface area contributed by atoms with E-state index in [2.05, 4.69) is 83.1 Å². The number of pyridine rings is 1. The van der Waals surface area contributed by atoms with E-state index in [-0.39, 0.29) is 48.9 Å². The molecule has 0 saturated heterocycles. The molecule has 0 aliphatic rings. The molecule has 0 fully saturated rings. The Bertz CT molecular complexity index is 1810. The number of nitrogens with zero attached hydrogens (tertiary/aromatic N) is 1. The number of ketones is 1. The van der Waals surface area contributed by atoms with Crippen molar-refractivity contribution in [2.45, 2.75) is 113 Å². The van der Waals surface area contributed by atoms with Crippen molar-refractivity contribution in [2.24, 2.45) is 17.3 Å². The van der Waals surface area contributed by atoms with Crippen molar-refractivity contribution >= 4 is 48.3 Å². The van der Waals surface area contributed by atoms with E-state index in [4.69, 9.17) is 9.40 Å². The molecule has 261 valence electrons. The van der Waals surface area contributed by atoms with E-state index in [0.29, 0.717) is 5.92 Å². The molecular weight excluding hydrogens is 791 g/mol. The number of aliphatic hydroxyl groups excluding tert-OH is 1. The SMILES string of the molecule is CCC(CC)C(=O)/C=C(\O)C(CC)CC.CCC(CC)c1cc(-c2nccc3c2sc2cc(CC(C)(C)C)oc23)[c-]c2ccccc12.[Ir]. The van der Waals surface area contributed by atoms with E-state index in [9.17, 15) is 9.90 Å². The van der Waals surface area contributed by atoms with Crippen LogP contribution in [0.1, 0.15) is 118 Å². The first-order valence-electron chi connectivity index (χ1n) is 17.7. The molecule has 0 atom stereocenters. The molecule has 0 unspecified atom stereocenters. The second kappa shape index (κ2) is 17.7. The number of carbonyl (C=O) groups is 1. The smallest absolute Gasteiger partial charge is 0.162 e. The van der Waals surface area contributed by atoms with Crippen molar-refractivity contribution in [3.05, 3.63) is 77.9 Å². The second-order valence-corrected chi connectivity index (χ2v) is 15.0. The predicted molar refractivity (Wildman–Crippen MR) is 202 cm³/mol. The number of benzene rings is 2. The molecule has 1 radical (unpaired) electrons. The van der Waals surface area contributed by atoms with Crippen molar-refractivity contribution in [3.63, 3.8) is 0 Å². The van der Waals surface area contributed by atoms with E-state index in [0.717, 1.165) is 72.9 Å². The van der Waals surface area contributed by atoms with Crippen molar-refractivity contribution in [3.8, 4) is 11.3 Å². The normalized spacial score (nSPS) is 12.3. The molecule has 48 heavy (non-hydrogen) atoms. The van der Waals surface area contributed by atoms with Crippen LogP contribution in [0.3, 0.4) is 0 Å². The summed E-state index contributed by atoms with van der Waals surface area (Å²) in [7, 11) is 0. The van der Waals surface area contributed by atoms with Gasteiger partial charge in [0.25, 0.3) is 0 Å². The van der Waals surface area contributed by atoms with Crippen molar-refractivity contribution in [2.75, 3.05) is 0 Å². The van der Waals surface area contributed by atoms with Crippen LogP contribution in [0.4, 0.5) is 0 Å². The minimum Gasteiger partial charge on any atom is -0.512 e. The molecule has 4 nitrogen and oxygen atoms in total. The third-order valence-corrected chi connectivity index (χ3v) is 10.5. The molecule has 3 aromatic heterocycles. The molecule has 0 aliphatic carbocycles. The molecule has 5 aromatic rings. The zero-order valence-corrected chi connectivity index (χ0v) is 33.5. The maximum Gasteiger partial charge on any atom is 0.162 e. The second-order valence-electron chi connectivity index (χ2n) is 14.0. The van der Waals surface area contributed by atoms with Gasteiger partial charge in [-0.05, 0) is 49.1 Å². The number of rotatable bonds is 12. The Hall–Kier alpha value is -2.79. The molecule has 3 heterocycles. The molecule has 0 aliphatic heterocycles. The molecular formula is C42H54IrNO3S-. The van der Waals surface area contributed by atoms with Gasteiger partial charge in [0.15, 0.2) is 11.4 Å². The molecule has 2 aromatic carbocycles. The number of hydrogen-bond donors (Lipinski definition) is 1. The van der Waals surface area contributed by atoms with E-state index in [1.807, 2.05) is 33.9 Å². The van der Waals surface area contributed by atoms with Crippen LogP contribution in [0.15, 0.2) is 64.9 Å². The molecule has 0 bridgehead atoms. The molecule has 1 N–H and O–H groups in total. The monoisotopic (exact) mass is 845 g/mol. The Morgan fingerprint density at radius 3 is 2.17 bits per heavy atom. The Kier molecular flexibility index (Phi) is 14.7. The van der Waals surface area contributed by atoms with Crippen LogP contribution in [0, 0.1) is 23.3 Å². The summed E-state index contributed by atoms with van der Waals surface area (Å²) in [4.78, 5) is 16.5. The van der Waals surface area contributed by atoms with Crippen molar-refractivity contribution in [1.29, 1.82) is 0 Å². The predicted octanol–water partition coefficient (Wildman–Crippen LogP) is 13.0. The number of allylic oxidation sites excluding steroid dienone is 2. The van der Waals surface area contributed by atoms with E-state index < -0.39 is 0 Å². The summed E-state index contributed by atoms with van der Waals surface area (Å²) in [6.45, 7) is 19.4. The third-order valence-electron chi connectivity index (χ3n) is 9.38. The van der Waals surface area contributed by atoms with Gasteiger partial charge in [-0.25, -0.2) is 0 Å². The van der Waals surface area contributed by atoms with Gasteiger partial charge >= 0.3 is 0 Å². The number of aromatic nitrogens is 1. The van der Waals surface area contributed by atoms with Crippen LogP contribution in [0.25, 0.3) is 42.4 Å². The third kappa shape index (κ3) is 9.25. The van der Waals surface area contributed by atoms with Crippen LogP contribution in [-0.4, -0.2) is 15.9 Å². The summed E-state index contributed by atoms with van der Waals surface area (Å²) < 4.78 is 8.72. The van der Waals surface area contributed by atoms with Gasteiger partial charge in [0.1, 0.15) is 5.76 Å². The Morgan fingerprint density at radius 1 is 0.917 bits per heavy atom. The van der Waals surface area contributed by atoms with Crippen LogP contribution >= 0.6 is 11.3 Å². The van der Waals surface area contributed by atoms with Gasteiger partial charge in [-0.1, -0.05) is 104 Å². The standard InChI is InChI=1S/C29H30NOS.C13H24O2.Ir/c1-6-18(7-2)24-15-20(14-19-10-8-9-11-22(19)24)26-28-23(12-13-30-26)27-25(32-28)16-21(31-27)17-29(3,4)5;1-5-10(6-2)12(14)9-13(15)11(7-3)8-4;/h8-13,15-16,18H,6-7,17H2,1-5H3;9-11,14H,5-8H2,1-4H3;/q-1;;/b;12-9-;. The average Bonchev–Trinajstić information content (AvgIpc) is 3.59. The van der Waals surface area contributed by atoms with Crippen LogP contribution < -0.4 is 0 Å². The maximum atomic E-state index is 11.7. The zero-order chi connectivity index (χ0) is 34.3. The maximum absolute atomic E-state index is 11.7. The van der Waals surface area contributed by atoms with E-state index >= 15 is 0 Å². The van der Waals surface area contributed by atoms with Gasteiger partial charge in [-0.2, -0.15) is 0 Å². The average molecular weight is 845 g/mol. The fourth-order valence-electron chi connectivity index (χ4n) is 6.56. The number of aliphatic hydroxyl groups is 1. The number of thiophene rings is 1. The van der Waals surface area contributed by atoms with Crippen molar-refractivity contribution in [1.82, 2.24) is 4.98 Å². The molecule has 0 saturated carbocycles. The molecule has 0 spiro atoms. The van der Waals surface area contributed by atoms with Crippen LogP contribution in [0.2, 0.25) is 0 Å². The number of hydrogen-bond acceptors (Lipinski definition) is 5. The Labute approximate surface area is 305 Å². The summed E-state index contributed by atoms with van der Waals surface area (Å²) in [6, 6.07) is 18.9. The molecule has 6 heteroatoms. The van der Waals surface area contributed by atoms with Crippen molar-refractivity contribution < 1.29 is 34.4 Å². The molecule has 5 rings (SSSR count). The first kappa shape index (κ1) is 39.6. The van der Waals surface area contributed by atoms with Gasteiger partial charge in [-0.15, -0.1) is 40.5 Å². The summed E-state index contributed by atoms with van der Waals surface area (Å²) >= 11 is 1.78. The Balaban J connectivity index is 0.000000334. The minimum atomic E-state index is 0. The number of furan rings is 1. The first-order chi connectivity index (χ1) is 22.5. The Morgan fingerprint density at radius 2 is 1.56 bits per heavy atom. The first-order valence-corrected chi connectivity index (χ1v) is 18.5. The fraction of sp³-hybridized carbons (Fsp3) is 0.476.